The third-order valence-electron chi connectivity index (χ3n) is 2.58. The summed E-state index contributed by atoms with van der Waals surface area (Å²) in [7, 11) is 0. The standard InChI is InChI=1S/C11H14O2S/c12-11(9-6-7-14-8-9)13-10-4-2-1-3-5-10/h6-8,10H,1-5H2. The summed E-state index contributed by atoms with van der Waals surface area (Å²) in [6.07, 6.45) is 5.91. The number of hydrogen-bond acceptors (Lipinski definition) is 3. The summed E-state index contributed by atoms with van der Waals surface area (Å²) >= 11 is 1.53. The van der Waals surface area contributed by atoms with Gasteiger partial charge in [0.05, 0.1) is 5.56 Å². The van der Waals surface area contributed by atoms with Crippen LogP contribution in [-0.2, 0) is 4.74 Å². The van der Waals surface area contributed by atoms with Gasteiger partial charge in [-0.05, 0) is 37.1 Å². The van der Waals surface area contributed by atoms with Gasteiger partial charge < -0.3 is 4.74 Å². The van der Waals surface area contributed by atoms with Gasteiger partial charge in [-0.3, -0.25) is 0 Å². The van der Waals surface area contributed by atoms with Crippen molar-refractivity contribution in [1.82, 2.24) is 0 Å². The molecule has 0 aliphatic heterocycles. The molecule has 1 aromatic heterocycles. The summed E-state index contributed by atoms with van der Waals surface area (Å²) in [4.78, 5) is 11.6. The second kappa shape index (κ2) is 4.60. The van der Waals surface area contributed by atoms with E-state index >= 15 is 0 Å². The summed E-state index contributed by atoms with van der Waals surface area (Å²) in [6, 6.07) is 1.82. The summed E-state index contributed by atoms with van der Waals surface area (Å²) in [5.41, 5.74) is 0.695. The normalized spacial score (nSPS) is 18.0. The lowest BCUT2D eigenvalue weighted by Crippen LogP contribution is -2.20. The van der Waals surface area contributed by atoms with Gasteiger partial charge in [0.1, 0.15) is 6.10 Å². The number of hydrogen-bond donors (Lipinski definition) is 0. The topological polar surface area (TPSA) is 26.3 Å². The van der Waals surface area contributed by atoms with Crippen LogP contribution in [0.5, 0.6) is 0 Å². The van der Waals surface area contributed by atoms with Crippen molar-refractivity contribution in [3.05, 3.63) is 22.4 Å². The van der Waals surface area contributed by atoms with Crippen molar-refractivity contribution < 1.29 is 9.53 Å². The molecule has 76 valence electrons. The first-order valence-corrected chi connectivity index (χ1v) is 6.04. The van der Waals surface area contributed by atoms with E-state index in [-0.39, 0.29) is 12.1 Å². The maximum atomic E-state index is 11.6. The molecule has 1 saturated carbocycles. The molecule has 1 aliphatic carbocycles. The Morgan fingerprint density at radius 1 is 1.36 bits per heavy atom. The van der Waals surface area contributed by atoms with Crippen molar-refractivity contribution in [2.45, 2.75) is 38.2 Å². The largest absolute Gasteiger partial charge is 0.459 e. The Balaban J connectivity index is 1.87. The van der Waals surface area contributed by atoms with E-state index in [0.29, 0.717) is 5.56 Å². The monoisotopic (exact) mass is 210 g/mol. The Kier molecular flexibility index (Phi) is 3.19. The van der Waals surface area contributed by atoms with Gasteiger partial charge in [0.2, 0.25) is 0 Å². The van der Waals surface area contributed by atoms with Crippen LogP contribution in [0.1, 0.15) is 42.5 Å². The van der Waals surface area contributed by atoms with Gasteiger partial charge in [-0.1, -0.05) is 6.42 Å². The predicted octanol–water partition coefficient (Wildman–Crippen LogP) is 3.24. The molecule has 3 heteroatoms. The quantitative estimate of drug-likeness (QED) is 0.700. The van der Waals surface area contributed by atoms with Crippen LogP contribution in [0.2, 0.25) is 0 Å². The molecule has 0 bridgehead atoms. The van der Waals surface area contributed by atoms with Crippen molar-refractivity contribution >= 4 is 17.3 Å². The molecule has 1 fully saturated rings. The molecule has 0 unspecified atom stereocenters. The average molecular weight is 210 g/mol. The molecule has 2 rings (SSSR count). The number of ether oxygens (including phenoxy) is 1. The van der Waals surface area contributed by atoms with E-state index in [2.05, 4.69) is 0 Å². The predicted molar refractivity (Wildman–Crippen MR) is 56.6 cm³/mol. The Hall–Kier alpha value is -0.830. The fourth-order valence-electron chi connectivity index (χ4n) is 1.78. The van der Waals surface area contributed by atoms with Crippen LogP contribution in [0.3, 0.4) is 0 Å². The van der Waals surface area contributed by atoms with Crippen LogP contribution >= 0.6 is 11.3 Å². The highest BCUT2D eigenvalue weighted by molar-refractivity contribution is 7.08. The van der Waals surface area contributed by atoms with Gasteiger partial charge in [0, 0.05) is 5.38 Å². The lowest BCUT2D eigenvalue weighted by molar-refractivity contribution is 0.0212. The van der Waals surface area contributed by atoms with E-state index in [1.165, 1.54) is 30.6 Å². The van der Waals surface area contributed by atoms with Crippen molar-refractivity contribution in [1.29, 1.82) is 0 Å². The Morgan fingerprint density at radius 3 is 2.79 bits per heavy atom. The third-order valence-corrected chi connectivity index (χ3v) is 3.27. The minimum Gasteiger partial charge on any atom is -0.459 e. The summed E-state index contributed by atoms with van der Waals surface area (Å²) in [5.74, 6) is -0.154. The van der Waals surface area contributed by atoms with Gasteiger partial charge in [-0.25, -0.2) is 4.79 Å². The van der Waals surface area contributed by atoms with Gasteiger partial charge in [-0.15, -0.1) is 0 Å². The number of thiophene rings is 1. The zero-order valence-electron chi connectivity index (χ0n) is 8.07. The van der Waals surface area contributed by atoms with Crippen molar-refractivity contribution in [2.24, 2.45) is 0 Å². The van der Waals surface area contributed by atoms with Crippen LogP contribution in [0.4, 0.5) is 0 Å². The van der Waals surface area contributed by atoms with E-state index in [9.17, 15) is 4.79 Å². The summed E-state index contributed by atoms with van der Waals surface area (Å²) < 4.78 is 5.40. The fraction of sp³-hybridized carbons (Fsp3) is 0.545. The van der Waals surface area contributed by atoms with Gasteiger partial charge in [0.25, 0.3) is 0 Å². The highest BCUT2D eigenvalue weighted by Crippen LogP contribution is 2.21. The summed E-state index contributed by atoms with van der Waals surface area (Å²) in [5, 5.41) is 3.74. The number of carbonyl (C=O) groups is 1. The molecule has 1 heterocycles. The van der Waals surface area contributed by atoms with E-state index in [1.807, 2.05) is 16.8 Å². The molecule has 0 radical (unpaired) electrons. The second-order valence-corrected chi connectivity index (χ2v) is 4.46. The molecular formula is C11H14O2S. The molecule has 0 atom stereocenters. The maximum Gasteiger partial charge on any atom is 0.339 e. The highest BCUT2D eigenvalue weighted by Gasteiger charge is 2.18. The molecule has 0 N–H and O–H groups in total. The van der Waals surface area contributed by atoms with Crippen LogP contribution in [0, 0.1) is 0 Å². The van der Waals surface area contributed by atoms with Gasteiger partial charge >= 0.3 is 5.97 Å². The number of rotatable bonds is 2. The number of carbonyl (C=O) groups excluding carboxylic acids is 1. The molecule has 14 heavy (non-hydrogen) atoms. The average Bonchev–Trinajstić information content (AvgIpc) is 2.72. The van der Waals surface area contributed by atoms with Crippen molar-refractivity contribution in [3.8, 4) is 0 Å². The molecule has 0 saturated heterocycles. The minimum absolute atomic E-state index is 0.154. The zero-order valence-corrected chi connectivity index (χ0v) is 8.89. The third kappa shape index (κ3) is 2.35. The smallest absolute Gasteiger partial charge is 0.339 e. The summed E-state index contributed by atoms with van der Waals surface area (Å²) in [6.45, 7) is 0. The molecule has 1 aromatic rings. The van der Waals surface area contributed by atoms with E-state index < -0.39 is 0 Å². The minimum atomic E-state index is -0.154. The van der Waals surface area contributed by atoms with Crippen molar-refractivity contribution in [2.75, 3.05) is 0 Å². The molecule has 1 aliphatic rings. The van der Waals surface area contributed by atoms with Crippen LogP contribution < -0.4 is 0 Å². The highest BCUT2D eigenvalue weighted by atomic mass is 32.1. The first kappa shape index (κ1) is 9.71. The zero-order chi connectivity index (χ0) is 9.80. The van der Waals surface area contributed by atoms with Crippen molar-refractivity contribution in [3.63, 3.8) is 0 Å². The lowest BCUT2D eigenvalue weighted by Gasteiger charge is -2.21. The van der Waals surface area contributed by atoms with E-state index in [4.69, 9.17) is 4.74 Å². The Bertz CT molecular complexity index is 286. The molecular weight excluding hydrogens is 196 g/mol. The Labute approximate surface area is 87.9 Å². The molecule has 2 nitrogen and oxygen atoms in total. The van der Waals surface area contributed by atoms with Crippen LogP contribution in [0.15, 0.2) is 16.8 Å². The van der Waals surface area contributed by atoms with Gasteiger partial charge in [0.15, 0.2) is 0 Å². The second-order valence-electron chi connectivity index (χ2n) is 3.68. The molecule has 0 aromatic carbocycles. The maximum absolute atomic E-state index is 11.6. The van der Waals surface area contributed by atoms with Crippen LogP contribution in [0.25, 0.3) is 0 Å². The first-order valence-electron chi connectivity index (χ1n) is 5.09. The van der Waals surface area contributed by atoms with Crippen LogP contribution in [-0.4, -0.2) is 12.1 Å². The fourth-order valence-corrected chi connectivity index (χ4v) is 2.41. The SMILES string of the molecule is O=C(OC1CCCCC1)c1ccsc1. The van der Waals surface area contributed by atoms with E-state index in [0.717, 1.165) is 12.8 Å². The first-order chi connectivity index (χ1) is 6.86. The molecule has 0 spiro atoms. The Morgan fingerprint density at radius 2 is 2.14 bits per heavy atom. The lowest BCUT2D eigenvalue weighted by atomic mass is 9.98. The number of esters is 1. The van der Waals surface area contributed by atoms with E-state index in [1.54, 1.807) is 0 Å². The molecule has 0 amide bonds. The van der Waals surface area contributed by atoms with Gasteiger partial charge in [-0.2, -0.15) is 11.3 Å².